The highest BCUT2D eigenvalue weighted by Crippen LogP contribution is 2.37. The molecule has 35 heavy (non-hydrogen) atoms. The van der Waals surface area contributed by atoms with Crippen LogP contribution in [0.3, 0.4) is 0 Å². The number of fused-ring (bicyclic) bond motifs is 1. The molecule has 4 heterocycles. The number of rotatable bonds is 5. The molecule has 1 aliphatic carbocycles. The van der Waals surface area contributed by atoms with Crippen LogP contribution >= 0.6 is 0 Å². The minimum absolute atomic E-state index is 0.138. The lowest BCUT2D eigenvalue weighted by atomic mass is 9.78. The Hall–Kier alpha value is -2.45. The number of hydrogen-bond donors (Lipinski definition) is 2. The molecule has 6 rings (SSSR count). The number of amides is 3. The number of carbonyl (C=O) groups excluding carboxylic acids is 3. The van der Waals surface area contributed by atoms with Crippen molar-refractivity contribution in [2.75, 3.05) is 26.2 Å². The predicted molar refractivity (Wildman–Crippen MR) is 130 cm³/mol. The van der Waals surface area contributed by atoms with Crippen molar-refractivity contribution in [2.45, 2.75) is 76.1 Å². The summed E-state index contributed by atoms with van der Waals surface area (Å²) in [5, 5.41) is 5.85. The highest BCUT2D eigenvalue weighted by molar-refractivity contribution is 6.05. The van der Waals surface area contributed by atoms with Crippen LogP contribution in [0.5, 0.6) is 5.75 Å². The average molecular weight is 481 g/mol. The Balaban J connectivity index is 1.10. The van der Waals surface area contributed by atoms with Gasteiger partial charge in [0.2, 0.25) is 11.8 Å². The first-order valence-corrected chi connectivity index (χ1v) is 13.5. The number of ether oxygens (including phenoxy) is 1. The van der Waals surface area contributed by atoms with E-state index in [0.29, 0.717) is 24.6 Å². The summed E-state index contributed by atoms with van der Waals surface area (Å²) in [5.74, 6) is 1.75. The molecular weight excluding hydrogens is 444 g/mol. The van der Waals surface area contributed by atoms with E-state index in [1.807, 2.05) is 18.2 Å². The number of benzene rings is 1. The molecule has 188 valence electrons. The molecule has 0 spiro atoms. The molecule has 0 radical (unpaired) electrons. The summed E-state index contributed by atoms with van der Waals surface area (Å²) in [5.41, 5.74) is 1.54. The van der Waals surface area contributed by atoms with E-state index >= 15 is 0 Å². The molecule has 3 amide bonds. The van der Waals surface area contributed by atoms with E-state index in [9.17, 15) is 14.4 Å². The summed E-state index contributed by atoms with van der Waals surface area (Å²) < 4.78 is 6.58. The molecule has 3 saturated heterocycles. The Kier molecular flexibility index (Phi) is 6.26. The van der Waals surface area contributed by atoms with E-state index in [4.69, 9.17) is 4.74 Å². The Labute approximate surface area is 206 Å². The summed E-state index contributed by atoms with van der Waals surface area (Å²) in [6.45, 7) is 5.12. The maximum atomic E-state index is 13.0. The Morgan fingerprint density at radius 2 is 1.71 bits per heavy atom. The van der Waals surface area contributed by atoms with Crippen LogP contribution in [0.15, 0.2) is 18.2 Å². The van der Waals surface area contributed by atoms with Crippen LogP contribution < -0.4 is 15.4 Å². The summed E-state index contributed by atoms with van der Waals surface area (Å²) >= 11 is 0. The van der Waals surface area contributed by atoms with E-state index in [2.05, 4.69) is 15.5 Å². The molecule has 1 unspecified atom stereocenters. The minimum Gasteiger partial charge on any atom is -0.489 e. The number of likely N-dealkylation sites (tertiary alicyclic amines) is 1. The van der Waals surface area contributed by atoms with Crippen LogP contribution in [0.2, 0.25) is 0 Å². The van der Waals surface area contributed by atoms with Crippen molar-refractivity contribution < 1.29 is 19.1 Å². The predicted octanol–water partition coefficient (Wildman–Crippen LogP) is 2.07. The maximum absolute atomic E-state index is 13.0. The zero-order chi connectivity index (χ0) is 23.9. The molecule has 4 aliphatic heterocycles. The van der Waals surface area contributed by atoms with Gasteiger partial charge in [-0.3, -0.25) is 24.6 Å². The number of piperidine rings is 2. The molecule has 1 aromatic rings. The van der Waals surface area contributed by atoms with Gasteiger partial charge in [0.15, 0.2) is 0 Å². The van der Waals surface area contributed by atoms with E-state index in [1.165, 1.54) is 45.2 Å². The third-order valence-electron chi connectivity index (χ3n) is 8.91. The third kappa shape index (κ3) is 4.47. The van der Waals surface area contributed by atoms with Gasteiger partial charge in [0, 0.05) is 37.7 Å². The molecule has 8 nitrogen and oxygen atoms in total. The second-order valence-corrected chi connectivity index (χ2v) is 11.0. The van der Waals surface area contributed by atoms with Crippen LogP contribution in [0, 0.1) is 11.8 Å². The van der Waals surface area contributed by atoms with Gasteiger partial charge in [-0.05, 0) is 87.2 Å². The summed E-state index contributed by atoms with van der Waals surface area (Å²) in [6, 6.07) is 5.62. The second-order valence-electron chi connectivity index (χ2n) is 11.0. The molecule has 0 bridgehead atoms. The smallest absolute Gasteiger partial charge is 0.255 e. The van der Waals surface area contributed by atoms with Gasteiger partial charge in [0.05, 0.1) is 0 Å². The van der Waals surface area contributed by atoms with Gasteiger partial charge in [0.1, 0.15) is 17.9 Å². The van der Waals surface area contributed by atoms with Crippen LogP contribution in [0.25, 0.3) is 0 Å². The first-order valence-electron chi connectivity index (χ1n) is 13.5. The van der Waals surface area contributed by atoms with Gasteiger partial charge in [-0.25, -0.2) is 0 Å². The first kappa shape index (κ1) is 23.0. The fourth-order valence-corrected chi connectivity index (χ4v) is 6.86. The number of carbonyl (C=O) groups is 3. The number of imide groups is 1. The van der Waals surface area contributed by atoms with Gasteiger partial charge >= 0.3 is 0 Å². The highest BCUT2D eigenvalue weighted by atomic mass is 16.5. The standard InChI is InChI=1S/C27H36N4O4/c32-25-8-7-23(26(33)29-25)31-16-18-13-20(5-6-21(18)27(31)34)35-24-4-2-1-3-22(24)30-14-19(15-30)17-9-11-28-12-10-17/h5-6,13,17,19,22-24,28H,1-4,7-12,14-16H2,(H,29,32,33)/t22-,23?,24+/m0/s1. The van der Waals surface area contributed by atoms with Crippen LogP contribution in [0.1, 0.15) is 67.3 Å². The number of hydrogen-bond acceptors (Lipinski definition) is 6. The molecule has 1 aromatic carbocycles. The van der Waals surface area contributed by atoms with Crippen molar-refractivity contribution in [3.8, 4) is 5.75 Å². The summed E-state index contributed by atoms with van der Waals surface area (Å²) in [6.07, 6.45) is 8.17. The van der Waals surface area contributed by atoms with Gasteiger partial charge in [0.25, 0.3) is 5.91 Å². The summed E-state index contributed by atoms with van der Waals surface area (Å²) in [7, 11) is 0. The minimum atomic E-state index is -0.584. The van der Waals surface area contributed by atoms with Crippen LogP contribution in [-0.2, 0) is 16.1 Å². The van der Waals surface area contributed by atoms with Crippen LogP contribution in [-0.4, -0.2) is 71.9 Å². The molecule has 2 N–H and O–H groups in total. The second kappa shape index (κ2) is 9.54. The molecule has 0 aromatic heterocycles. The van der Waals surface area contributed by atoms with Gasteiger partial charge in [-0.1, -0.05) is 6.42 Å². The lowest BCUT2D eigenvalue weighted by Crippen LogP contribution is -2.60. The fraction of sp³-hybridized carbons (Fsp3) is 0.667. The normalized spacial score (nSPS) is 30.7. The highest BCUT2D eigenvalue weighted by Gasteiger charge is 2.42. The molecule has 4 fully saturated rings. The largest absolute Gasteiger partial charge is 0.489 e. The SMILES string of the molecule is O=C1CCC(N2Cc3cc(O[C@@H]4CCCC[C@@H]4N4CC(C5CCNCC5)C4)ccc3C2=O)C(=O)N1. The zero-order valence-corrected chi connectivity index (χ0v) is 20.3. The lowest BCUT2D eigenvalue weighted by Gasteiger charge is -2.51. The fourth-order valence-electron chi connectivity index (χ4n) is 6.86. The van der Waals surface area contributed by atoms with Crippen molar-refractivity contribution in [1.82, 2.24) is 20.4 Å². The van der Waals surface area contributed by atoms with Gasteiger partial charge < -0.3 is 15.0 Å². The molecule has 3 atom stereocenters. The third-order valence-corrected chi connectivity index (χ3v) is 8.91. The Morgan fingerprint density at radius 1 is 0.914 bits per heavy atom. The van der Waals surface area contributed by atoms with Crippen molar-refractivity contribution >= 4 is 17.7 Å². The first-order chi connectivity index (χ1) is 17.1. The monoisotopic (exact) mass is 480 g/mol. The summed E-state index contributed by atoms with van der Waals surface area (Å²) in [4.78, 5) is 41.1. The van der Waals surface area contributed by atoms with Gasteiger partial charge in [-0.15, -0.1) is 0 Å². The van der Waals surface area contributed by atoms with Crippen molar-refractivity contribution in [1.29, 1.82) is 0 Å². The molecule has 1 saturated carbocycles. The van der Waals surface area contributed by atoms with Crippen molar-refractivity contribution in [2.24, 2.45) is 11.8 Å². The average Bonchev–Trinajstić information content (AvgIpc) is 3.15. The van der Waals surface area contributed by atoms with E-state index < -0.39 is 6.04 Å². The van der Waals surface area contributed by atoms with Crippen molar-refractivity contribution in [3.63, 3.8) is 0 Å². The topological polar surface area (TPSA) is 91.0 Å². The Bertz CT molecular complexity index is 1000. The number of nitrogens with one attached hydrogen (secondary N) is 2. The van der Waals surface area contributed by atoms with E-state index in [0.717, 1.165) is 42.7 Å². The zero-order valence-electron chi connectivity index (χ0n) is 20.3. The van der Waals surface area contributed by atoms with E-state index in [1.54, 1.807) is 4.90 Å². The van der Waals surface area contributed by atoms with Gasteiger partial charge in [-0.2, -0.15) is 0 Å². The van der Waals surface area contributed by atoms with Crippen LogP contribution in [0.4, 0.5) is 0 Å². The number of nitrogens with zero attached hydrogens (tertiary/aromatic N) is 2. The van der Waals surface area contributed by atoms with E-state index in [-0.39, 0.29) is 30.2 Å². The maximum Gasteiger partial charge on any atom is 0.255 e. The molecule has 5 aliphatic rings. The Morgan fingerprint density at radius 3 is 2.51 bits per heavy atom. The van der Waals surface area contributed by atoms with Crippen molar-refractivity contribution in [3.05, 3.63) is 29.3 Å². The quantitative estimate of drug-likeness (QED) is 0.627. The molecular formula is C27H36N4O4. The molecule has 8 heteroatoms. The lowest BCUT2D eigenvalue weighted by molar-refractivity contribution is -0.136.